The molecule has 0 spiro atoms. The first kappa shape index (κ1) is 11.0. The first-order valence-electron chi connectivity index (χ1n) is 2.65. The zero-order valence-electron chi connectivity index (χ0n) is 5.30. The maximum Gasteiger partial charge on any atom is 0.0807 e. The summed E-state index contributed by atoms with van der Waals surface area (Å²) in [6, 6.07) is 0. The van der Waals surface area contributed by atoms with Gasteiger partial charge in [-0.25, -0.2) is 0 Å². The minimum absolute atomic E-state index is 0.127. The summed E-state index contributed by atoms with van der Waals surface area (Å²) in [5, 5.41) is 0.717. The molecule has 0 nitrogen and oxygen atoms in total. The number of hydrogen-bond donors (Lipinski definition) is 0. The van der Waals surface area contributed by atoms with Crippen molar-refractivity contribution in [3.8, 4) is 0 Å². The SMILES string of the molecule is [S-]c1c(Cl)c(Cl)c(Cl)c(Cl)c1Cl. The van der Waals surface area contributed by atoms with Crippen molar-refractivity contribution in [3.63, 3.8) is 0 Å². The highest BCUT2D eigenvalue weighted by Gasteiger charge is 2.12. The van der Waals surface area contributed by atoms with E-state index in [0.717, 1.165) is 0 Å². The van der Waals surface area contributed by atoms with Crippen LogP contribution < -0.4 is 0 Å². The monoisotopic (exact) mass is 279 g/mol. The standard InChI is InChI=1S/C6HCl5S/c7-1-2(8)4(10)6(12)5(11)3(1)9/h12H/p-1. The molecular formula is C6Cl5S-. The van der Waals surface area contributed by atoms with Crippen molar-refractivity contribution in [1.29, 1.82) is 0 Å². The molecule has 0 saturated heterocycles. The van der Waals surface area contributed by atoms with Crippen LogP contribution in [-0.2, 0) is 12.6 Å². The summed E-state index contributed by atoms with van der Waals surface area (Å²) >= 11 is 33.3. The van der Waals surface area contributed by atoms with Gasteiger partial charge in [0.05, 0.1) is 15.1 Å². The highest BCUT2D eigenvalue weighted by atomic mass is 35.5. The Morgan fingerprint density at radius 2 is 0.833 bits per heavy atom. The molecule has 12 heavy (non-hydrogen) atoms. The predicted molar refractivity (Wildman–Crippen MR) is 57.1 cm³/mol. The third-order valence-corrected chi connectivity index (χ3v) is 4.08. The molecule has 6 heteroatoms. The van der Waals surface area contributed by atoms with Gasteiger partial charge in [-0.2, -0.15) is 0 Å². The highest BCUT2D eigenvalue weighted by molar-refractivity contribution is 7.59. The van der Waals surface area contributed by atoms with E-state index < -0.39 is 0 Å². The summed E-state index contributed by atoms with van der Waals surface area (Å²) in [4.78, 5) is 0.220. The molecule has 1 aromatic rings. The summed E-state index contributed by atoms with van der Waals surface area (Å²) in [6.45, 7) is 0. The van der Waals surface area contributed by atoms with E-state index in [1.54, 1.807) is 0 Å². The second-order valence-electron chi connectivity index (χ2n) is 1.90. The minimum atomic E-state index is 0.127. The molecule has 1 rings (SSSR count). The van der Waals surface area contributed by atoms with Crippen molar-refractivity contribution in [2.45, 2.75) is 4.90 Å². The van der Waals surface area contributed by atoms with E-state index in [0.29, 0.717) is 0 Å². The molecule has 66 valence electrons. The van der Waals surface area contributed by atoms with Crippen molar-refractivity contribution >= 4 is 70.6 Å². The van der Waals surface area contributed by atoms with Gasteiger partial charge in [0.25, 0.3) is 0 Å². The second kappa shape index (κ2) is 3.95. The van der Waals surface area contributed by atoms with Gasteiger partial charge in [0, 0.05) is 10.0 Å². The summed E-state index contributed by atoms with van der Waals surface area (Å²) in [7, 11) is 0. The van der Waals surface area contributed by atoms with E-state index >= 15 is 0 Å². The highest BCUT2D eigenvalue weighted by Crippen LogP contribution is 2.43. The van der Waals surface area contributed by atoms with Crippen LogP contribution in [0.3, 0.4) is 0 Å². The molecule has 1 aromatic carbocycles. The molecule has 0 aliphatic rings. The Hall–Kier alpha value is 0.890. The fraction of sp³-hybridized carbons (Fsp3) is 0. The van der Waals surface area contributed by atoms with Crippen LogP contribution in [0.15, 0.2) is 4.90 Å². The molecule has 0 N–H and O–H groups in total. The lowest BCUT2D eigenvalue weighted by Gasteiger charge is -2.15. The molecule has 0 amide bonds. The molecule has 0 bridgehead atoms. The van der Waals surface area contributed by atoms with Crippen molar-refractivity contribution in [2.75, 3.05) is 0 Å². The molecule has 0 aliphatic heterocycles. The molecule has 0 radical (unpaired) electrons. The van der Waals surface area contributed by atoms with Crippen LogP contribution in [0, 0.1) is 0 Å². The van der Waals surface area contributed by atoms with E-state index in [4.69, 9.17) is 70.6 Å². The van der Waals surface area contributed by atoms with Crippen LogP contribution in [0.25, 0.3) is 0 Å². The molecule has 0 unspecified atom stereocenters. The van der Waals surface area contributed by atoms with Crippen molar-refractivity contribution < 1.29 is 0 Å². The maximum absolute atomic E-state index is 5.70. The summed E-state index contributed by atoms with van der Waals surface area (Å²) in [5.41, 5.74) is 0. The average Bonchev–Trinajstić information content (AvgIpc) is 2.08. The van der Waals surface area contributed by atoms with Gasteiger partial charge in [-0.15, -0.1) is 4.90 Å². The van der Waals surface area contributed by atoms with Gasteiger partial charge in [-0.1, -0.05) is 58.0 Å². The van der Waals surface area contributed by atoms with Gasteiger partial charge in [0.2, 0.25) is 0 Å². The molecule has 0 heterocycles. The van der Waals surface area contributed by atoms with Crippen LogP contribution in [0.2, 0.25) is 25.1 Å². The van der Waals surface area contributed by atoms with Crippen LogP contribution >= 0.6 is 58.0 Å². The van der Waals surface area contributed by atoms with Gasteiger partial charge in [-0.3, -0.25) is 0 Å². The molecular weight excluding hydrogens is 281 g/mol. The van der Waals surface area contributed by atoms with E-state index in [9.17, 15) is 0 Å². The van der Waals surface area contributed by atoms with Crippen molar-refractivity contribution in [2.24, 2.45) is 0 Å². The average molecular weight is 281 g/mol. The summed E-state index contributed by atoms with van der Waals surface area (Å²) in [5.74, 6) is 0. The Labute approximate surface area is 100 Å². The van der Waals surface area contributed by atoms with Crippen LogP contribution in [-0.4, -0.2) is 0 Å². The van der Waals surface area contributed by atoms with Crippen molar-refractivity contribution in [1.82, 2.24) is 0 Å². The van der Waals surface area contributed by atoms with Crippen LogP contribution in [0.5, 0.6) is 0 Å². The summed E-state index contributed by atoms with van der Waals surface area (Å²) < 4.78 is 0. The molecule has 0 aromatic heterocycles. The number of benzene rings is 1. The lowest BCUT2D eigenvalue weighted by atomic mass is 10.3. The Balaban J connectivity index is 3.60. The zero-order valence-corrected chi connectivity index (χ0v) is 9.89. The fourth-order valence-corrected chi connectivity index (χ4v) is 2.04. The smallest absolute Gasteiger partial charge is 0.0807 e. The second-order valence-corrected chi connectivity index (χ2v) is 4.20. The van der Waals surface area contributed by atoms with Gasteiger partial charge >= 0.3 is 0 Å². The first-order chi connectivity index (χ1) is 5.46. The topological polar surface area (TPSA) is 0 Å². The molecule has 0 atom stereocenters. The Bertz CT molecular complexity index is 230. The first-order valence-corrected chi connectivity index (χ1v) is 4.95. The van der Waals surface area contributed by atoms with E-state index in [1.165, 1.54) is 0 Å². The Morgan fingerprint density at radius 3 is 1.17 bits per heavy atom. The van der Waals surface area contributed by atoms with Crippen molar-refractivity contribution in [3.05, 3.63) is 25.1 Å². The Kier molecular flexibility index (Phi) is 3.61. The van der Waals surface area contributed by atoms with Gasteiger partial charge in [0.1, 0.15) is 0 Å². The van der Waals surface area contributed by atoms with Gasteiger partial charge < -0.3 is 12.6 Å². The third kappa shape index (κ3) is 1.72. The third-order valence-electron chi connectivity index (χ3n) is 1.17. The van der Waals surface area contributed by atoms with E-state index in [-0.39, 0.29) is 30.0 Å². The lowest BCUT2D eigenvalue weighted by Crippen LogP contribution is -1.82. The number of hydrogen-bond acceptors (Lipinski definition) is 1. The predicted octanol–water partition coefficient (Wildman–Crippen LogP) is 4.86. The molecule has 0 saturated carbocycles. The van der Waals surface area contributed by atoms with Gasteiger partial charge in [-0.05, 0) is 0 Å². The van der Waals surface area contributed by atoms with E-state index in [1.807, 2.05) is 0 Å². The quantitative estimate of drug-likeness (QED) is 0.372. The zero-order chi connectivity index (χ0) is 9.46. The number of rotatable bonds is 0. The minimum Gasteiger partial charge on any atom is -0.777 e. The lowest BCUT2D eigenvalue weighted by molar-refractivity contribution is 1.47. The largest absolute Gasteiger partial charge is 0.777 e. The maximum atomic E-state index is 5.70. The fourth-order valence-electron chi connectivity index (χ4n) is 0.585. The van der Waals surface area contributed by atoms with Gasteiger partial charge in [0.15, 0.2) is 0 Å². The Morgan fingerprint density at radius 1 is 0.583 bits per heavy atom. The molecule has 0 aliphatic carbocycles. The van der Waals surface area contributed by atoms with Crippen LogP contribution in [0.4, 0.5) is 0 Å². The number of halogens is 5. The van der Waals surface area contributed by atoms with Crippen LogP contribution in [0.1, 0.15) is 0 Å². The molecule has 0 fully saturated rings. The normalized spacial score (nSPS) is 10.4. The summed E-state index contributed by atoms with van der Waals surface area (Å²) in [6.07, 6.45) is 0. The van der Waals surface area contributed by atoms with E-state index in [2.05, 4.69) is 0 Å².